The number of alkyl halides is 3. The van der Waals surface area contributed by atoms with E-state index in [1.54, 1.807) is 6.20 Å². The van der Waals surface area contributed by atoms with Crippen molar-refractivity contribution in [3.63, 3.8) is 0 Å². The minimum absolute atomic E-state index is 0.0388. The van der Waals surface area contributed by atoms with Gasteiger partial charge in [-0.2, -0.15) is 13.2 Å². The highest BCUT2D eigenvalue weighted by molar-refractivity contribution is 5.82. The number of nitrogens with one attached hydrogen (secondary N) is 1. The summed E-state index contributed by atoms with van der Waals surface area (Å²) < 4.78 is 37.8. The Kier molecular flexibility index (Phi) is 7.90. The Balaban J connectivity index is 0.000000383. The maximum absolute atomic E-state index is 12.6. The number of ether oxygens (including phenoxy) is 1. The fourth-order valence-corrected chi connectivity index (χ4v) is 4.21. The molecule has 2 aliphatic heterocycles. The van der Waals surface area contributed by atoms with Gasteiger partial charge >= 0.3 is 12.1 Å². The lowest BCUT2D eigenvalue weighted by Crippen LogP contribution is -2.51. The minimum Gasteiger partial charge on any atom is -0.475 e. The van der Waals surface area contributed by atoms with Crippen molar-refractivity contribution in [2.24, 2.45) is 5.92 Å². The van der Waals surface area contributed by atoms with Gasteiger partial charge in [-0.25, -0.2) is 4.79 Å². The van der Waals surface area contributed by atoms with E-state index in [4.69, 9.17) is 14.6 Å². The number of carbonyl (C=O) groups excluding carboxylic acids is 2. The van der Waals surface area contributed by atoms with Gasteiger partial charge in [0.25, 0.3) is 0 Å². The summed E-state index contributed by atoms with van der Waals surface area (Å²) in [6.07, 6.45) is -0.900. The number of carboxylic acids is 1. The molecule has 3 fully saturated rings. The van der Waals surface area contributed by atoms with Crippen molar-refractivity contribution in [2.75, 3.05) is 6.54 Å². The van der Waals surface area contributed by atoms with Crippen molar-refractivity contribution in [2.45, 2.75) is 69.2 Å². The van der Waals surface area contributed by atoms with E-state index in [0.29, 0.717) is 32.4 Å². The molecule has 12 heteroatoms. The molecule has 3 heterocycles. The number of aliphatic hydroxyl groups is 1. The van der Waals surface area contributed by atoms with Gasteiger partial charge in [0.05, 0.1) is 30.5 Å². The highest BCUT2D eigenvalue weighted by Crippen LogP contribution is 2.36. The number of carbonyl (C=O) groups is 3. The van der Waals surface area contributed by atoms with E-state index in [2.05, 4.69) is 10.3 Å². The molecule has 3 N–H and O–H groups in total. The zero-order valence-electron chi connectivity index (χ0n) is 17.7. The van der Waals surface area contributed by atoms with Crippen LogP contribution in [0.15, 0.2) is 24.4 Å². The van der Waals surface area contributed by atoms with Crippen LogP contribution in [0.25, 0.3) is 0 Å². The van der Waals surface area contributed by atoms with Crippen LogP contribution in [0.3, 0.4) is 0 Å². The first-order valence-electron chi connectivity index (χ1n) is 10.7. The summed E-state index contributed by atoms with van der Waals surface area (Å²) in [5.74, 6) is -2.76. The van der Waals surface area contributed by atoms with Crippen LogP contribution in [0.4, 0.5) is 13.2 Å². The zero-order valence-corrected chi connectivity index (χ0v) is 17.7. The number of hydrogen-bond acceptors (Lipinski definition) is 6. The first-order valence-corrected chi connectivity index (χ1v) is 10.7. The van der Waals surface area contributed by atoms with Crippen LogP contribution in [0.1, 0.15) is 37.8 Å². The number of pyridine rings is 1. The first kappa shape index (κ1) is 24.9. The molecule has 182 valence electrons. The van der Waals surface area contributed by atoms with Crippen LogP contribution in [0.5, 0.6) is 0 Å². The standard InChI is InChI=1S/C19H25N3O4.C2HF3O2/c23-14-9-12(10-14)19(25)22-8-6-16-15(22)4-5-17(26-16)18(24)21-11-13-3-1-2-7-20-13;3-2(4,5)1(6)7/h1-3,7,12,14-17,23H,4-6,8-11H2,(H,21,24);(H,6,7)/t12?,14?,15-,16-,17+;/m1./s1. The second-order valence-electron chi connectivity index (χ2n) is 8.29. The number of rotatable bonds is 4. The third-order valence-corrected chi connectivity index (χ3v) is 6.00. The predicted molar refractivity (Wildman–Crippen MR) is 107 cm³/mol. The topological polar surface area (TPSA) is 129 Å². The van der Waals surface area contributed by atoms with Crippen molar-refractivity contribution in [1.29, 1.82) is 0 Å². The Morgan fingerprint density at radius 2 is 1.88 bits per heavy atom. The molecule has 0 spiro atoms. The number of carboxylic acid groups (broad SMARTS) is 1. The van der Waals surface area contributed by atoms with E-state index < -0.39 is 18.2 Å². The molecule has 3 atom stereocenters. The molecule has 0 bridgehead atoms. The molecule has 4 rings (SSSR count). The van der Waals surface area contributed by atoms with Gasteiger partial charge in [0.1, 0.15) is 6.10 Å². The Bertz CT molecular complexity index is 847. The van der Waals surface area contributed by atoms with E-state index in [1.807, 2.05) is 23.1 Å². The van der Waals surface area contributed by atoms with E-state index in [-0.39, 0.29) is 36.0 Å². The van der Waals surface area contributed by atoms with Gasteiger partial charge in [0.15, 0.2) is 0 Å². The quantitative estimate of drug-likeness (QED) is 0.600. The average molecular weight is 473 g/mol. The molecule has 2 amide bonds. The SMILES string of the molecule is O=C(NCc1ccccn1)[C@@H]1CC[C@@H]2[C@@H](CCN2C(=O)C2CC(O)C2)O1.O=C(O)C(F)(F)F. The Hall–Kier alpha value is -2.73. The van der Waals surface area contributed by atoms with Crippen LogP contribution in [-0.4, -0.2) is 75.0 Å². The second-order valence-corrected chi connectivity index (χ2v) is 8.29. The van der Waals surface area contributed by atoms with Crippen molar-refractivity contribution in [3.8, 4) is 0 Å². The van der Waals surface area contributed by atoms with Gasteiger partial charge in [0.2, 0.25) is 11.8 Å². The fraction of sp³-hybridized carbons (Fsp3) is 0.619. The Labute approximate surface area is 187 Å². The smallest absolute Gasteiger partial charge is 0.475 e. The number of aliphatic carboxylic acids is 1. The molecule has 3 aliphatic rings. The number of aromatic nitrogens is 1. The van der Waals surface area contributed by atoms with E-state index in [0.717, 1.165) is 18.5 Å². The molecule has 0 radical (unpaired) electrons. The van der Waals surface area contributed by atoms with E-state index >= 15 is 0 Å². The highest BCUT2D eigenvalue weighted by Gasteiger charge is 2.46. The van der Waals surface area contributed by atoms with Gasteiger partial charge in [-0.05, 0) is 44.2 Å². The number of hydrogen-bond donors (Lipinski definition) is 3. The summed E-state index contributed by atoms with van der Waals surface area (Å²) in [6, 6.07) is 5.67. The molecule has 33 heavy (non-hydrogen) atoms. The summed E-state index contributed by atoms with van der Waals surface area (Å²) in [6.45, 7) is 1.07. The summed E-state index contributed by atoms with van der Waals surface area (Å²) in [5.41, 5.74) is 0.815. The van der Waals surface area contributed by atoms with Crippen LogP contribution < -0.4 is 5.32 Å². The monoisotopic (exact) mass is 473 g/mol. The largest absolute Gasteiger partial charge is 0.490 e. The van der Waals surface area contributed by atoms with Gasteiger partial charge in [-0.3, -0.25) is 14.6 Å². The van der Waals surface area contributed by atoms with Crippen LogP contribution in [0.2, 0.25) is 0 Å². The second kappa shape index (κ2) is 10.5. The van der Waals surface area contributed by atoms with Crippen molar-refractivity contribution < 1.29 is 42.5 Å². The number of halogens is 3. The lowest BCUT2D eigenvalue weighted by atomic mass is 9.81. The lowest BCUT2D eigenvalue weighted by molar-refractivity contribution is -0.192. The molecule has 1 aromatic rings. The van der Waals surface area contributed by atoms with Crippen molar-refractivity contribution in [1.82, 2.24) is 15.2 Å². The van der Waals surface area contributed by atoms with Crippen LogP contribution in [-0.2, 0) is 25.7 Å². The van der Waals surface area contributed by atoms with Gasteiger partial charge in [-0.1, -0.05) is 6.07 Å². The highest BCUT2D eigenvalue weighted by atomic mass is 19.4. The average Bonchev–Trinajstić information content (AvgIpc) is 3.18. The third-order valence-electron chi connectivity index (χ3n) is 6.00. The molecule has 0 aromatic carbocycles. The summed E-state index contributed by atoms with van der Waals surface area (Å²) in [4.78, 5) is 40.0. The fourth-order valence-electron chi connectivity index (χ4n) is 4.21. The van der Waals surface area contributed by atoms with Crippen molar-refractivity contribution >= 4 is 17.8 Å². The molecule has 0 unspecified atom stereocenters. The number of nitrogens with zero attached hydrogens (tertiary/aromatic N) is 2. The van der Waals surface area contributed by atoms with Crippen LogP contribution in [0, 0.1) is 5.92 Å². The summed E-state index contributed by atoms with van der Waals surface area (Å²) in [7, 11) is 0. The Morgan fingerprint density at radius 3 is 2.45 bits per heavy atom. The number of likely N-dealkylation sites (tertiary alicyclic amines) is 1. The number of aliphatic hydroxyl groups excluding tert-OH is 1. The van der Waals surface area contributed by atoms with E-state index in [9.17, 15) is 27.9 Å². The molecular formula is C21H26F3N3O6. The summed E-state index contributed by atoms with van der Waals surface area (Å²) >= 11 is 0. The molecule has 1 saturated carbocycles. The number of fused-ring (bicyclic) bond motifs is 1. The molecule has 1 aliphatic carbocycles. The summed E-state index contributed by atoms with van der Waals surface area (Å²) in [5, 5.41) is 19.4. The van der Waals surface area contributed by atoms with Crippen molar-refractivity contribution in [3.05, 3.63) is 30.1 Å². The minimum atomic E-state index is -5.08. The van der Waals surface area contributed by atoms with Gasteiger partial charge < -0.3 is 25.2 Å². The first-order chi connectivity index (χ1) is 15.6. The number of amides is 2. The normalized spacial score (nSPS) is 28.6. The molecule has 1 aromatic heterocycles. The molecule has 9 nitrogen and oxygen atoms in total. The van der Waals surface area contributed by atoms with Gasteiger partial charge in [0, 0.05) is 18.7 Å². The predicted octanol–water partition coefficient (Wildman–Crippen LogP) is 1.25. The molecular weight excluding hydrogens is 447 g/mol. The maximum atomic E-state index is 12.6. The van der Waals surface area contributed by atoms with E-state index in [1.165, 1.54) is 0 Å². The zero-order chi connectivity index (χ0) is 24.2. The Morgan fingerprint density at radius 1 is 1.18 bits per heavy atom. The molecule has 2 saturated heterocycles. The van der Waals surface area contributed by atoms with Gasteiger partial charge in [-0.15, -0.1) is 0 Å². The maximum Gasteiger partial charge on any atom is 0.490 e. The van der Waals surface area contributed by atoms with Crippen LogP contribution >= 0.6 is 0 Å². The third kappa shape index (κ3) is 6.41. The lowest BCUT2D eigenvalue weighted by Gasteiger charge is -2.39.